The summed E-state index contributed by atoms with van der Waals surface area (Å²) in [4.78, 5) is 7.32. The van der Waals surface area contributed by atoms with Crippen LogP contribution in [0.3, 0.4) is 0 Å². The Kier molecular flexibility index (Phi) is 3.49. The summed E-state index contributed by atoms with van der Waals surface area (Å²) < 4.78 is 26.2. The van der Waals surface area contributed by atoms with Crippen LogP contribution < -0.4 is 0 Å². The fraction of sp³-hybridized carbons (Fsp3) is 0.600. The Hall–Kier alpha value is -1.06. The predicted molar refractivity (Wildman–Crippen MR) is 50.0 cm³/mol. The van der Waals surface area contributed by atoms with Crippen LogP contribution in [0.4, 0.5) is 8.78 Å². The maximum atomic E-state index is 13.1. The number of hydrogen-bond acceptors (Lipinski definition) is 2. The molecule has 0 aromatic carbocycles. The second-order valence-corrected chi connectivity index (χ2v) is 3.30. The predicted octanol–water partition coefficient (Wildman–Crippen LogP) is 2.97. The van der Waals surface area contributed by atoms with Crippen LogP contribution in [0.25, 0.3) is 0 Å². The van der Waals surface area contributed by atoms with Crippen molar-refractivity contribution >= 4 is 0 Å². The molecule has 2 nitrogen and oxygen atoms in total. The summed E-state index contributed by atoms with van der Waals surface area (Å²) in [5.74, 6) is -1.19. The molecule has 1 aromatic heterocycles. The van der Waals surface area contributed by atoms with E-state index < -0.39 is 11.9 Å². The van der Waals surface area contributed by atoms with Crippen molar-refractivity contribution in [1.29, 1.82) is 0 Å². The third-order valence-corrected chi connectivity index (χ3v) is 2.40. The second-order valence-electron chi connectivity index (χ2n) is 3.30. The SMILES string of the molecule is CCC(CC)c1nc(F)c(C)c(F)n1. The Balaban J connectivity index is 3.11. The van der Waals surface area contributed by atoms with Crippen molar-refractivity contribution in [2.75, 3.05) is 0 Å². The summed E-state index contributed by atoms with van der Waals surface area (Å²) in [6.45, 7) is 5.24. The molecule has 0 amide bonds. The van der Waals surface area contributed by atoms with Gasteiger partial charge in [-0.3, -0.25) is 0 Å². The first-order chi connectivity index (χ1) is 6.60. The Morgan fingerprint density at radius 2 is 1.50 bits per heavy atom. The largest absolute Gasteiger partial charge is 0.222 e. The van der Waals surface area contributed by atoms with Crippen LogP contribution >= 0.6 is 0 Å². The van der Waals surface area contributed by atoms with Gasteiger partial charge in [-0.05, 0) is 19.8 Å². The number of aromatic nitrogens is 2. The lowest BCUT2D eigenvalue weighted by Gasteiger charge is -2.11. The molecule has 0 unspecified atom stereocenters. The molecule has 0 N–H and O–H groups in total. The fourth-order valence-corrected chi connectivity index (χ4v) is 1.32. The first-order valence-corrected chi connectivity index (χ1v) is 4.79. The maximum Gasteiger partial charge on any atom is 0.222 e. The number of hydrogen-bond donors (Lipinski definition) is 0. The molecular weight excluding hydrogens is 186 g/mol. The summed E-state index contributed by atoms with van der Waals surface area (Å²) in [7, 11) is 0. The Morgan fingerprint density at radius 1 is 1.07 bits per heavy atom. The highest BCUT2D eigenvalue weighted by atomic mass is 19.1. The van der Waals surface area contributed by atoms with Crippen LogP contribution in [-0.2, 0) is 0 Å². The average molecular weight is 200 g/mol. The van der Waals surface area contributed by atoms with E-state index in [0.717, 1.165) is 12.8 Å². The van der Waals surface area contributed by atoms with E-state index in [1.54, 1.807) is 0 Å². The van der Waals surface area contributed by atoms with E-state index in [0.29, 0.717) is 0 Å². The molecule has 0 aliphatic heterocycles. The molecule has 0 bridgehead atoms. The van der Waals surface area contributed by atoms with Crippen molar-refractivity contribution in [3.05, 3.63) is 23.3 Å². The van der Waals surface area contributed by atoms with E-state index in [1.165, 1.54) is 6.92 Å². The Morgan fingerprint density at radius 3 is 1.86 bits per heavy atom. The second kappa shape index (κ2) is 4.44. The molecule has 78 valence electrons. The van der Waals surface area contributed by atoms with Crippen molar-refractivity contribution < 1.29 is 8.78 Å². The molecule has 1 aromatic rings. The van der Waals surface area contributed by atoms with Crippen molar-refractivity contribution in [3.8, 4) is 0 Å². The summed E-state index contributed by atoms with van der Waals surface area (Å²) in [5.41, 5.74) is -0.111. The van der Waals surface area contributed by atoms with E-state index in [4.69, 9.17) is 0 Å². The zero-order valence-electron chi connectivity index (χ0n) is 8.64. The molecular formula is C10H14F2N2. The van der Waals surface area contributed by atoms with E-state index in [9.17, 15) is 8.78 Å². The number of halogens is 2. The molecule has 0 radical (unpaired) electrons. The topological polar surface area (TPSA) is 25.8 Å². The molecule has 4 heteroatoms. The number of nitrogens with zero attached hydrogens (tertiary/aromatic N) is 2. The van der Waals surface area contributed by atoms with E-state index in [2.05, 4.69) is 9.97 Å². The van der Waals surface area contributed by atoms with Crippen LogP contribution in [0.2, 0.25) is 0 Å². The fourth-order valence-electron chi connectivity index (χ4n) is 1.32. The van der Waals surface area contributed by atoms with Gasteiger partial charge in [0.25, 0.3) is 0 Å². The summed E-state index contributed by atoms with van der Waals surface area (Å²) in [6, 6.07) is 0. The molecule has 14 heavy (non-hydrogen) atoms. The molecule has 0 saturated heterocycles. The average Bonchev–Trinajstić information content (AvgIpc) is 2.16. The molecule has 0 spiro atoms. The molecule has 0 aliphatic carbocycles. The number of rotatable bonds is 3. The van der Waals surface area contributed by atoms with Gasteiger partial charge in [0, 0.05) is 5.92 Å². The highest BCUT2D eigenvalue weighted by Gasteiger charge is 2.15. The van der Waals surface area contributed by atoms with E-state index >= 15 is 0 Å². The minimum Gasteiger partial charge on any atom is -0.204 e. The lowest BCUT2D eigenvalue weighted by atomic mass is 10.0. The van der Waals surface area contributed by atoms with Crippen LogP contribution in [0.15, 0.2) is 0 Å². The zero-order chi connectivity index (χ0) is 10.7. The minimum absolute atomic E-state index is 0.0413. The molecule has 0 saturated carbocycles. The molecule has 1 rings (SSSR count). The van der Waals surface area contributed by atoms with Gasteiger partial charge in [0.2, 0.25) is 11.9 Å². The standard InChI is InChI=1S/C10H14F2N2/c1-4-7(5-2)10-13-8(11)6(3)9(12)14-10/h7H,4-5H2,1-3H3. The van der Waals surface area contributed by atoms with Crippen LogP contribution in [0, 0.1) is 18.8 Å². The van der Waals surface area contributed by atoms with Crippen molar-refractivity contribution in [2.45, 2.75) is 39.5 Å². The molecule has 0 fully saturated rings. The molecule has 0 aliphatic rings. The van der Waals surface area contributed by atoms with Gasteiger partial charge < -0.3 is 0 Å². The Labute approximate surface area is 82.4 Å². The van der Waals surface area contributed by atoms with Crippen LogP contribution in [0.5, 0.6) is 0 Å². The van der Waals surface area contributed by atoms with E-state index in [1.807, 2.05) is 13.8 Å². The highest BCUT2D eigenvalue weighted by molar-refractivity contribution is 5.09. The molecule has 1 heterocycles. The lowest BCUT2D eigenvalue weighted by Crippen LogP contribution is -2.08. The molecule has 0 atom stereocenters. The van der Waals surface area contributed by atoms with Crippen LogP contribution in [-0.4, -0.2) is 9.97 Å². The third kappa shape index (κ3) is 2.05. The van der Waals surface area contributed by atoms with Crippen molar-refractivity contribution in [1.82, 2.24) is 9.97 Å². The van der Waals surface area contributed by atoms with Gasteiger partial charge >= 0.3 is 0 Å². The van der Waals surface area contributed by atoms with Crippen molar-refractivity contribution in [3.63, 3.8) is 0 Å². The monoisotopic (exact) mass is 200 g/mol. The smallest absolute Gasteiger partial charge is 0.204 e. The Bertz CT molecular complexity index is 299. The summed E-state index contributed by atoms with van der Waals surface area (Å²) in [5, 5.41) is 0. The van der Waals surface area contributed by atoms with Gasteiger partial charge in [0.1, 0.15) is 5.82 Å². The summed E-state index contributed by atoms with van der Waals surface area (Å²) >= 11 is 0. The van der Waals surface area contributed by atoms with Crippen LogP contribution in [0.1, 0.15) is 44.0 Å². The van der Waals surface area contributed by atoms with Gasteiger partial charge in [-0.15, -0.1) is 0 Å². The van der Waals surface area contributed by atoms with Gasteiger partial charge in [0.05, 0.1) is 5.56 Å². The highest BCUT2D eigenvalue weighted by Crippen LogP contribution is 2.20. The van der Waals surface area contributed by atoms with Gasteiger partial charge in [-0.1, -0.05) is 13.8 Å². The van der Waals surface area contributed by atoms with Gasteiger partial charge in [-0.2, -0.15) is 8.78 Å². The van der Waals surface area contributed by atoms with Gasteiger partial charge in [0.15, 0.2) is 0 Å². The van der Waals surface area contributed by atoms with Gasteiger partial charge in [-0.25, -0.2) is 9.97 Å². The maximum absolute atomic E-state index is 13.1. The van der Waals surface area contributed by atoms with E-state index in [-0.39, 0.29) is 17.3 Å². The van der Waals surface area contributed by atoms with Crippen molar-refractivity contribution in [2.24, 2.45) is 0 Å². The third-order valence-electron chi connectivity index (χ3n) is 2.40. The minimum atomic E-state index is -0.751. The lowest BCUT2D eigenvalue weighted by molar-refractivity contribution is 0.476. The normalized spacial score (nSPS) is 11.0. The summed E-state index contributed by atoms with van der Waals surface area (Å²) in [6.07, 6.45) is 1.58. The quantitative estimate of drug-likeness (QED) is 0.701. The first-order valence-electron chi connectivity index (χ1n) is 4.79. The first kappa shape index (κ1) is 11.0. The zero-order valence-corrected chi connectivity index (χ0v) is 8.64.